The Labute approximate surface area is 160 Å². The van der Waals surface area contributed by atoms with E-state index in [1.54, 1.807) is 30.1 Å². The highest BCUT2D eigenvalue weighted by molar-refractivity contribution is 8.14. The van der Waals surface area contributed by atoms with Gasteiger partial charge in [0.25, 0.3) is 5.91 Å². The van der Waals surface area contributed by atoms with Crippen LogP contribution in [0.15, 0.2) is 41.7 Å². The number of nitrogens with two attached hydrogens (primary N) is 1. The molecule has 2 aromatic heterocycles. The second kappa shape index (κ2) is 7.91. The van der Waals surface area contributed by atoms with Gasteiger partial charge in [-0.25, -0.2) is 14.4 Å². The van der Waals surface area contributed by atoms with Gasteiger partial charge in [0.05, 0.1) is 11.9 Å². The molecule has 1 aliphatic rings. The normalized spacial score (nSPS) is 22.0. The van der Waals surface area contributed by atoms with Crippen molar-refractivity contribution in [3.63, 3.8) is 0 Å². The first-order valence-corrected chi connectivity index (χ1v) is 9.22. The van der Waals surface area contributed by atoms with Crippen LogP contribution in [0.3, 0.4) is 0 Å². The molecule has 0 unspecified atom stereocenters. The van der Waals surface area contributed by atoms with Crippen molar-refractivity contribution in [3.8, 4) is 5.75 Å². The van der Waals surface area contributed by atoms with Gasteiger partial charge in [-0.1, -0.05) is 18.7 Å². The number of hydrogen-bond acceptors (Lipinski definition) is 7. The summed E-state index contributed by atoms with van der Waals surface area (Å²) in [5.74, 6) is -0.132. The van der Waals surface area contributed by atoms with Crippen molar-refractivity contribution in [3.05, 3.63) is 48.0 Å². The molecule has 142 valence electrons. The number of rotatable bonds is 5. The molecule has 3 rings (SSSR count). The lowest BCUT2D eigenvalue weighted by Gasteiger charge is -2.32. The number of amides is 1. The summed E-state index contributed by atoms with van der Waals surface area (Å²) in [4.78, 5) is 25.4. The maximum absolute atomic E-state index is 12.4. The molecule has 7 nitrogen and oxygen atoms in total. The van der Waals surface area contributed by atoms with Crippen LogP contribution in [0.1, 0.15) is 36.5 Å². The highest BCUT2D eigenvalue weighted by atomic mass is 32.2. The fourth-order valence-corrected chi connectivity index (χ4v) is 4.02. The second-order valence-electron chi connectivity index (χ2n) is 6.37. The van der Waals surface area contributed by atoms with E-state index < -0.39 is 12.4 Å². The lowest BCUT2D eigenvalue weighted by Crippen LogP contribution is -2.33. The van der Waals surface area contributed by atoms with E-state index in [1.807, 2.05) is 6.92 Å². The predicted molar refractivity (Wildman–Crippen MR) is 104 cm³/mol. The molecule has 0 aromatic carbocycles. The molecule has 0 bridgehead atoms. The van der Waals surface area contributed by atoms with Crippen molar-refractivity contribution >= 4 is 28.5 Å². The van der Waals surface area contributed by atoms with E-state index in [4.69, 9.17) is 5.73 Å². The molecule has 9 heteroatoms. The van der Waals surface area contributed by atoms with E-state index in [0.29, 0.717) is 16.1 Å². The fourth-order valence-electron chi connectivity index (χ4n) is 2.95. The number of ether oxygens (including phenoxy) is 1. The standard InChI is InChI=1S/C18H20FN5O2S/c1-11-8-18(2,24-17(20)27-11)15-7-12(5-6-21-15)23-16(25)14-4-3-13(9-22-14)26-10-19/h3-7,9,11H,8,10H2,1-2H3,(H2,20,24)(H,21,23,25)/t11-,18+/m1/s1. The molecule has 1 aliphatic heterocycles. The van der Waals surface area contributed by atoms with Gasteiger partial charge in [0, 0.05) is 17.1 Å². The van der Waals surface area contributed by atoms with E-state index in [0.717, 1.165) is 12.1 Å². The maximum atomic E-state index is 12.4. The van der Waals surface area contributed by atoms with E-state index in [9.17, 15) is 9.18 Å². The molecule has 0 saturated heterocycles. The summed E-state index contributed by atoms with van der Waals surface area (Å²) in [7, 11) is 0. The zero-order chi connectivity index (χ0) is 19.4. The lowest BCUT2D eigenvalue weighted by atomic mass is 9.91. The van der Waals surface area contributed by atoms with Crippen LogP contribution >= 0.6 is 11.8 Å². The summed E-state index contributed by atoms with van der Waals surface area (Å²) < 4.78 is 16.8. The molecular weight excluding hydrogens is 369 g/mol. The Hall–Kier alpha value is -2.68. The van der Waals surface area contributed by atoms with Crippen molar-refractivity contribution < 1.29 is 13.9 Å². The van der Waals surface area contributed by atoms with Crippen molar-refractivity contribution in [1.29, 1.82) is 0 Å². The third-order valence-electron chi connectivity index (χ3n) is 4.12. The summed E-state index contributed by atoms with van der Waals surface area (Å²) >= 11 is 1.54. The van der Waals surface area contributed by atoms with Gasteiger partial charge in [0.1, 0.15) is 17.0 Å². The zero-order valence-electron chi connectivity index (χ0n) is 15.0. The van der Waals surface area contributed by atoms with Gasteiger partial charge < -0.3 is 15.8 Å². The van der Waals surface area contributed by atoms with Crippen molar-refractivity contribution in [2.24, 2.45) is 10.7 Å². The average Bonchev–Trinajstić information content (AvgIpc) is 2.62. The minimum atomic E-state index is -0.949. The van der Waals surface area contributed by atoms with Crippen LogP contribution < -0.4 is 15.8 Å². The van der Waals surface area contributed by atoms with Crippen LogP contribution in [0.5, 0.6) is 5.75 Å². The molecule has 2 aromatic rings. The van der Waals surface area contributed by atoms with Gasteiger partial charge in [-0.15, -0.1) is 0 Å². The van der Waals surface area contributed by atoms with Crippen molar-refractivity contribution in [1.82, 2.24) is 9.97 Å². The average molecular weight is 389 g/mol. The Balaban J connectivity index is 1.77. The number of pyridine rings is 2. The van der Waals surface area contributed by atoms with Crippen LogP contribution in [-0.4, -0.2) is 33.2 Å². The number of carbonyl (C=O) groups is 1. The molecule has 0 spiro atoms. The third-order valence-corrected chi connectivity index (χ3v) is 5.03. The van der Waals surface area contributed by atoms with E-state index in [2.05, 4.69) is 31.9 Å². The van der Waals surface area contributed by atoms with Gasteiger partial charge in [0.2, 0.25) is 6.86 Å². The van der Waals surface area contributed by atoms with Gasteiger partial charge in [-0.05, 0) is 37.6 Å². The molecule has 0 fully saturated rings. The highest BCUT2D eigenvalue weighted by Crippen LogP contribution is 2.38. The Morgan fingerprint density at radius 2 is 2.26 bits per heavy atom. The number of thioether (sulfide) groups is 1. The first kappa shape index (κ1) is 19.1. The maximum Gasteiger partial charge on any atom is 0.274 e. The first-order valence-electron chi connectivity index (χ1n) is 8.34. The Morgan fingerprint density at radius 3 is 2.93 bits per heavy atom. The molecule has 3 N–H and O–H groups in total. The summed E-state index contributed by atoms with van der Waals surface area (Å²) in [6.07, 6.45) is 3.71. The largest absolute Gasteiger partial charge is 0.461 e. The molecule has 2 atom stereocenters. The van der Waals surface area contributed by atoms with Crippen LogP contribution in [0.2, 0.25) is 0 Å². The molecule has 0 aliphatic carbocycles. The Kier molecular flexibility index (Phi) is 5.59. The number of halogens is 1. The number of aromatic nitrogens is 2. The Bertz CT molecular complexity index is 861. The van der Waals surface area contributed by atoms with Gasteiger partial charge in [-0.2, -0.15) is 0 Å². The number of anilines is 1. The molecular formula is C18H20FN5O2S. The summed E-state index contributed by atoms with van der Waals surface area (Å²) in [6.45, 7) is 3.13. The number of nitrogens with one attached hydrogen (secondary N) is 1. The predicted octanol–water partition coefficient (Wildman–Crippen LogP) is 3.09. The summed E-state index contributed by atoms with van der Waals surface area (Å²) in [6, 6.07) is 6.44. The summed E-state index contributed by atoms with van der Waals surface area (Å²) in [5, 5.41) is 3.64. The van der Waals surface area contributed by atoms with Crippen LogP contribution in [0, 0.1) is 0 Å². The Morgan fingerprint density at radius 1 is 1.44 bits per heavy atom. The monoisotopic (exact) mass is 389 g/mol. The first-order chi connectivity index (χ1) is 12.9. The minimum Gasteiger partial charge on any atom is -0.461 e. The molecule has 0 saturated carbocycles. The molecule has 27 heavy (non-hydrogen) atoms. The number of hydrogen-bond donors (Lipinski definition) is 2. The van der Waals surface area contributed by atoms with Crippen molar-refractivity contribution in [2.45, 2.75) is 31.1 Å². The van der Waals surface area contributed by atoms with Crippen LogP contribution in [0.25, 0.3) is 0 Å². The van der Waals surface area contributed by atoms with Gasteiger partial charge in [-0.3, -0.25) is 9.78 Å². The zero-order valence-corrected chi connectivity index (χ0v) is 15.8. The minimum absolute atomic E-state index is 0.190. The molecule has 0 radical (unpaired) electrons. The number of nitrogens with zero attached hydrogens (tertiary/aromatic N) is 3. The molecule has 3 heterocycles. The number of aliphatic imine (C=N–C) groups is 1. The van der Waals surface area contributed by atoms with E-state index in [-0.39, 0.29) is 17.4 Å². The highest BCUT2D eigenvalue weighted by Gasteiger charge is 2.34. The van der Waals surface area contributed by atoms with E-state index in [1.165, 1.54) is 18.3 Å². The number of alkyl halides is 1. The second-order valence-corrected chi connectivity index (χ2v) is 7.83. The molecule has 1 amide bonds. The fraction of sp³-hybridized carbons (Fsp3) is 0.333. The van der Waals surface area contributed by atoms with Crippen LogP contribution in [-0.2, 0) is 5.54 Å². The van der Waals surface area contributed by atoms with Crippen molar-refractivity contribution in [2.75, 3.05) is 12.2 Å². The lowest BCUT2D eigenvalue weighted by molar-refractivity contribution is 0.102. The SMILES string of the molecule is C[C@@H]1C[C@@](C)(c2cc(NC(=O)c3ccc(OCF)cn3)ccn2)N=C(N)S1. The quantitative estimate of drug-likeness (QED) is 0.815. The van der Waals surface area contributed by atoms with Crippen LogP contribution in [0.4, 0.5) is 10.1 Å². The number of amidine groups is 1. The summed E-state index contributed by atoms with van der Waals surface area (Å²) in [5.41, 5.74) is 6.90. The smallest absolute Gasteiger partial charge is 0.274 e. The van der Waals surface area contributed by atoms with E-state index >= 15 is 0 Å². The third kappa shape index (κ3) is 4.54. The van der Waals surface area contributed by atoms with Gasteiger partial charge >= 0.3 is 0 Å². The topological polar surface area (TPSA) is 102 Å². The number of carbonyl (C=O) groups excluding carboxylic acids is 1. The van der Waals surface area contributed by atoms with Gasteiger partial charge in [0.15, 0.2) is 5.17 Å².